The number of hydrogen-bond acceptors (Lipinski definition) is 4. The summed E-state index contributed by atoms with van der Waals surface area (Å²) in [5, 5.41) is 8.65. The van der Waals surface area contributed by atoms with Crippen molar-refractivity contribution in [2.45, 2.75) is 4.90 Å². The van der Waals surface area contributed by atoms with Gasteiger partial charge in [0.25, 0.3) is 0 Å². The van der Waals surface area contributed by atoms with E-state index in [9.17, 15) is 21.6 Å². The van der Waals surface area contributed by atoms with E-state index >= 15 is 0 Å². The van der Waals surface area contributed by atoms with Crippen molar-refractivity contribution in [1.29, 1.82) is 5.26 Å². The van der Waals surface area contributed by atoms with Crippen LogP contribution >= 0.6 is 0 Å². The van der Waals surface area contributed by atoms with Gasteiger partial charge in [0.2, 0.25) is 0 Å². The highest BCUT2D eigenvalue weighted by molar-refractivity contribution is 7.87. The Labute approximate surface area is 118 Å². The number of halogens is 3. The monoisotopic (exact) mass is 313 g/mol. The van der Waals surface area contributed by atoms with E-state index in [1.807, 2.05) is 0 Å². The van der Waals surface area contributed by atoms with Crippen molar-refractivity contribution in [3.8, 4) is 11.8 Å². The van der Waals surface area contributed by atoms with Crippen molar-refractivity contribution in [2.24, 2.45) is 0 Å². The Morgan fingerprint density at radius 3 is 2.24 bits per heavy atom. The number of nitriles is 1. The highest BCUT2D eigenvalue weighted by Gasteiger charge is 2.19. The molecule has 0 aliphatic rings. The van der Waals surface area contributed by atoms with Gasteiger partial charge in [-0.2, -0.15) is 13.7 Å². The van der Waals surface area contributed by atoms with E-state index in [-0.39, 0.29) is 0 Å². The molecule has 0 saturated carbocycles. The van der Waals surface area contributed by atoms with Crippen LogP contribution in [-0.2, 0) is 10.1 Å². The van der Waals surface area contributed by atoms with Gasteiger partial charge in [0.05, 0.1) is 5.56 Å². The van der Waals surface area contributed by atoms with Gasteiger partial charge in [-0.25, -0.2) is 13.2 Å². The molecule has 108 valence electrons. The van der Waals surface area contributed by atoms with Crippen LogP contribution in [0.4, 0.5) is 13.2 Å². The lowest BCUT2D eigenvalue weighted by Gasteiger charge is -2.07. The second kappa shape index (κ2) is 5.46. The normalized spacial score (nSPS) is 11.0. The fourth-order valence-corrected chi connectivity index (χ4v) is 2.40. The molecule has 0 atom stereocenters. The summed E-state index contributed by atoms with van der Waals surface area (Å²) in [7, 11) is -4.40. The van der Waals surface area contributed by atoms with Crippen LogP contribution in [0.15, 0.2) is 41.3 Å². The zero-order chi connectivity index (χ0) is 15.6. The second-order valence-corrected chi connectivity index (χ2v) is 5.41. The maximum atomic E-state index is 13.1. The second-order valence-electron chi connectivity index (χ2n) is 3.87. The molecule has 21 heavy (non-hydrogen) atoms. The maximum Gasteiger partial charge on any atom is 0.339 e. The molecule has 0 aliphatic heterocycles. The third-order valence-corrected chi connectivity index (χ3v) is 3.69. The third-order valence-electron chi connectivity index (χ3n) is 2.44. The topological polar surface area (TPSA) is 67.2 Å². The van der Waals surface area contributed by atoms with Crippen molar-refractivity contribution in [3.05, 3.63) is 59.4 Å². The lowest BCUT2D eigenvalue weighted by atomic mass is 10.2. The van der Waals surface area contributed by atoms with Crippen LogP contribution in [0.3, 0.4) is 0 Å². The molecular weight excluding hydrogens is 307 g/mol. The molecule has 0 bridgehead atoms. The molecule has 4 nitrogen and oxygen atoms in total. The maximum absolute atomic E-state index is 13.1. The summed E-state index contributed by atoms with van der Waals surface area (Å²) in [5.74, 6) is -3.77. The molecular formula is C13H6F3NO3S. The van der Waals surface area contributed by atoms with Crippen molar-refractivity contribution in [2.75, 3.05) is 0 Å². The first-order valence-corrected chi connectivity index (χ1v) is 6.83. The Kier molecular flexibility index (Phi) is 3.86. The molecule has 8 heteroatoms. The van der Waals surface area contributed by atoms with Gasteiger partial charge in [0.1, 0.15) is 22.5 Å². The quantitative estimate of drug-likeness (QED) is 0.817. The SMILES string of the molecule is N#Cc1cc(S(=O)(=O)Oc2ccc(F)c(F)c2)ccc1F. The summed E-state index contributed by atoms with van der Waals surface area (Å²) in [6.45, 7) is 0. The summed E-state index contributed by atoms with van der Waals surface area (Å²) in [6, 6.07) is 6.13. The predicted octanol–water partition coefficient (Wildman–Crippen LogP) is 2.74. The zero-order valence-corrected chi connectivity index (χ0v) is 11.0. The predicted molar refractivity (Wildman–Crippen MR) is 65.3 cm³/mol. The lowest BCUT2D eigenvalue weighted by Crippen LogP contribution is -2.10. The van der Waals surface area contributed by atoms with Gasteiger partial charge in [-0.15, -0.1) is 0 Å². The number of hydrogen-bond donors (Lipinski definition) is 0. The van der Waals surface area contributed by atoms with Crippen molar-refractivity contribution < 1.29 is 25.8 Å². The first-order chi connectivity index (χ1) is 9.83. The molecule has 0 aliphatic carbocycles. The summed E-state index contributed by atoms with van der Waals surface area (Å²) in [6.07, 6.45) is 0. The van der Waals surface area contributed by atoms with Crippen LogP contribution in [0.1, 0.15) is 5.56 Å². The van der Waals surface area contributed by atoms with Crippen LogP contribution in [0.2, 0.25) is 0 Å². The van der Waals surface area contributed by atoms with Gasteiger partial charge in [-0.3, -0.25) is 0 Å². The van der Waals surface area contributed by atoms with Crippen LogP contribution in [-0.4, -0.2) is 8.42 Å². The fourth-order valence-electron chi connectivity index (χ4n) is 1.45. The average molecular weight is 313 g/mol. The minimum absolute atomic E-state index is 0.447. The van der Waals surface area contributed by atoms with E-state index in [2.05, 4.69) is 4.18 Å². The van der Waals surface area contributed by atoms with Crippen molar-refractivity contribution >= 4 is 10.1 Å². The molecule has 0 saturated heterocycles. The highest BCUT2D eigenvalue weighted by atomic mass is 32.2. The molecule has 2 rings (SSSR count). The molecule has 0 heterocycles. The minimum atomic E-state index is -4.40. The molecule has 0 aromatic heterocycles. The summed E-state index contributed by atoms with van der Waals surface area (Å²) in [4.78, 5) is -0.481. The van der Waals surface area contributed by atoms with Crippen LogP contribution in [0.5, 0.6) is 5.75 Å². The number of rotatable bonds is 3. The van der Waals surface area contributed by atoms with E-state index in [1.165, 1.54) is 6.07 Å². The summed E-state index contributed by atoms with van der Waals surface area (Å²) in [5.41, 5.74) is -0.482. The number of nitrogens with zero attached hydrogens (tertiary/aromatic N) is 1. The lowest BCUT2D eigenvalue weighted by molar-refractivity contribution is 0.472. The van der Waals surface area contributed by atoms with Gasteiger partial charge in [0.15, 0.2) is 11.6 Å². The molecule has 0 spiro atoms. The Morgan fingerprint density at radius 2 is 1.62 bits per heavy atom. The molecule has 0 fully saturated rings. The fraction of sp³-hybridized carbons (Fsp3) is 0. The van der Waals surface area contributed by atoms with Gasteiger partial charge in [0, 0.05) is 6.07 Å². The minimum Gasteiger partial charge on any atom is -0.379 e. The zero-order valence-electron chi connectivity index (χ0n) is 10.2. The summed E-state index contributed by atoms with van der Waals surface area (Å²) >= 11 is 0. The van der Waals surface area contributed by atoms with Crippen molar-refractivity contribution in [3.63, 3.8) is 0 Å². The van der Waals surface area contributed by atoms with Crippen LogP contribution in [0, 0.1) is 28.8 Å². The smallest absolute Gasteiger partial charge is 0.339 e. The van der Waals surface area contributed by atoms with Crippen LogP contribution < -0.4 is 4.18 Å². The molecule has 0 N–H and O–H groups in total. The Balaban J connectivity index is 2.38. The molecule has 0 unspecified atom stereocenters. The van der Waals surface area contributed by atoms with E-state index in [0.29, 0.717) is 12.1 Å². The first kappa shape index (κ1) is 14.9. The molecule has 0 radical (unpaired) electrons. The molecule has 0 amide bonds. The van der Waals surface area contributed by atoms with E-state index in [4.69, 9.17) is 5.26 Å². The van der Waals surface area contributed by atoms with Crippen LogP contribution in [0.25, 0.3) is 0 Å². The van der Waals surface area contributed by atoms with E-state index in [1.54, 1.807) is 0 Å². The Bertz CT molecular complexity index is 844. The number of benzene rings is 2. The molecule has 2 aromatic rings. The standard InChI is InChI=1S/C13H6F3NO3S/c14-11-4-2-10(5-8(11)7-17)21(18,19)20-9-1-3-12(15)13(16)6-9/h1-6H. The van der Waals surface area contributed by atoms with Gasteiger partial charge in [-0.1, -0.05) is 0 Å². The van der Waals surface area contributed by atoms with E-state index < -0.39 is 43.8 Å². The van der Waals surface area contributed by atoms with E-state index in [0.717, 1.165) is 24.3 Å². The highest BCUT2D eigenvalue weighted by Crippen LogP contribution is 2.22. The summed E-state index contributed by atoms with van der Waals surface area (Å²) < 4.78 is 67.3. The Hall–Kier alpha value is -2.53. The van der Waals surface area contributed by atoms with Gasteiger partial charge < -0.3 is 4.18 Å². The first-order valence-electron chi connectivity index (χ1n) is 5.42. The average Bonchev–Trinajstić information content (AvgIpc) is 2.43. The largest absolute Gasteiger partial charge is 0.379 e. The van der Waals surface area contributed by atoms with Gasteiger partial charge in [-0.05, 0) is 30.3 Å². The Morgan fingerprint density at radius 1 is 0.952 bits per heavy atom. The van der Waals surface area contributed by atoms with Crippen molar-refractivity contribution in [1.82, 2.24) is 0 Å². The molecule has 2 aromatic carbocycles. The third kappa shape index (κ3) is 3.14. The van der Waals surface area contributed by atoms with Gasteiger partial charge >= 0.3 is 10.1 Å².